The molecule has 0 aromatic heterocycles. The van der Waals surface area contributed by atoms with E-state index in [-0.39, 0.29) is 0 Å². The van der Waals surface area contributed by atoms with E-state index in [1.807, 2.05) is 0 Å². The molecule has 2 unspecified atom stereocenters. The Bertz CT molecular complexity index is 441. The van der Waals surface area contributed by atoms with E-state index >= 15 is 0 Å². The van der Waals surface area contributed by atoms with Crippen molar-refractivity contribution in [1.29, 1.82) is 0 Å². The molecule has 1 aliphatic rings. The van der Waals surface area contributed by atoms with Crippen LogP contribution in [0.1, 0.15) is 55.3 Å². The zero-order chi connectivity index (χ0) is 15.2. The summed E-state index contributed by atoms with van der Waals surface area (Å²) >= 11 is 0. The number of likely N-dealkylation sites (tertiary alicyclic amines) is 1. The van der Waals surface area contributed by atoms with Crippen LogP contribution >= 0.6 is 0 Å². The predicted octanol–water partition coefficient (Wildman–Crippen LogP) is 4.08. The Hall–Kier alpha value is -0.860. The lowest BCUT2D eigenvalue weighted by Crippen LogP contribution is -2.35. The van der Waals surface area contributed by atoms with Crippen LogP contribution in [0.25, 0.3) is 0 Å². The molecule has 0 aliphatic carbocycles. The van der Waals surface area contributed by atoms with Crippen LogP contribution in [0.2, 0.25) is 0 Å². The SMILES string of the molecule is CCCNCC1CCCCN(C)C1c1ccc(C)c(C)c1. The number of nitrogens with zero attached hydrogens (tertiary/aromatic N) is 1. The lowest BCUT2D eigenvalue weighted by atomic mass is 9.88. The van der Waals surface area contributed by atoms with Gasteiger partial charge in [0.25, 0.3) is 0 Å². The van der Waals surface area contributed by atoms with E-state index in [0.717, 1.165) is 19.0 Å². The maximum Gasteiger partial charge on any atom is 0.0385 e. The first-order chi connectivity index (χ1) is 10.1. The van der Waals surface area contributed by atoms with E-state index in [0.29, 0.717) is 6.04 Å². The first-order valence-electron chi connectivity index (χ1n) is 8.61. The quantitative estimate of drug-likeness (QED) is 0.821. The van der Waals surface area contributed by atoms with E-state index in [1.54, 1.807) is 0 Å². The molecule has 1 aromatic rings. The summed E-state index contributed by atoms with van der Waals surface area (Å²) in [7, 11) is 2.30. The molecule has 118 valence electrons. The Morgan fingerprint density at radius 1 is 1.19 bits per heavy atom. The van der Waals surface area contributed by atoms with Crippen LogP contribution in [-0.2, 0) is 0 Å². The molecule has 1 fully saturated rings. The van der Waals surface area contributed by atoms with Gasteiger partial charge in [0.1, 0.15) is 0 Å². The van der Waals surface area contributed by atoms with Crippen molar-refractivity contribution in [2.45, 2.75) is 52.5 Å². The number of nitrogens with one attached hydrogen (secondary N) is 1. The van der Waals surface area contributed by atoms with Crippen molar-refractivity contribution in [1.82, 2.24) is 10.2 Å². The summed E-state index contributed by atoms with van der Waals surface area (Å²) in [6, 6.07) is 7.62. The van der Waals surface area contributed by atoms with Gasteiger partial charge in [-0.25, -0.2) is 0 Å². The molecule has 1 saturated heterocycles. The van der Waals surface area contributed by atoms with Gasteiger partial charge in [0.2, 0.25) is 0 Å². The van der Waals surface area contributed by atoms with Crippen molar-refractivity contribution in [3.63, 3.8) is 0 Å². The molecule has 0 saturated carbocycles. The first-order valence-corrected chi connectivity index (χ1v) is 8.61. The maximum absolute atomic E-state index is 3.65. The fourth-order valence-corrected chi connectivity index (χ4v) is 3.58. The normalized spacial score (nSPS) is 24.0. The van der Waals surface area contributed by atoms with Crippen LogP contribution < -0.4 is 5.32 Å². The van der Waals surface area contributed by atoms with Crippen LogP contribution in [0.3, 0.4) is 0 Å². The third-order valence-electron chi connectivity index (χ3n) is 4.96. The van der Waals surface area contributed by atoms with Crippen molar-refractivity contribution in [2.75, 3.05) is 26.7 Å². The maximum atomic E-state index is 3.65. The Morgan fingerprint density at radius 2 is 2.00 bits per heavy atom. The molecule has 0 bridgehead atoms. The minimum absolute atomic E-state index is 0.566. The minimum Gasteiger partial charge on any atom is -0.316 e. The van der Waals surface area contributed by atoms with Crippen molar-refractivity contribution in [2.24, 2.45) is 5.92 Å². The second-order valence-corrected chi connectivity index (χ2v) is 6.73. The van der Waals surface area contributed by atoms with E-state index in [4.69, 9.17) is 0 Å². The molecule has 1 N–H and O–H groups in total. The second-order valence-electron chi connectivity index (χ2n) is 6.73. The van der Waals surface area contributed by atoms with Gasteiger partial charge < -0.3 is 5.32 Å². The highest BCUT2D eigenvalue weighted by molar-refractivity contribution is 5.32. The summed E-state index contributed by atoms with van der Waals surface area (Å²) in [6.45, 7) is 10.2. The number of aryl methyl sites for hydroxylation is 2. The largest absolute Gasteiger partial charge is 0.316 e. The van der Waals surface area contributed by atoms with Crippen molar-refractivity contribution in [3.05, 3.63) is 34.9 Å². The van der Waals surface area contributed by atoms with Gasteiger partial charge in [-0.3, -0.25) is 4.90 Å². The highest BCUT2D eigenvalue weighted by Gasteiger charge is 2.28. The fourth-order valence-electron chi connectivity index (χ4n) is 3.58. The van der Waals surface area contributed by atoms with Gasteiger partial charge in [-0.05, 0) is 82.4 Å². The molecular formula is C19H32N2. The van der Waals surface area contributed by atoms with Crippen molar-refractivity contribution < 1.29 is 0 Å². The Morgan fingerprint density at radius 3 is 2.71 bits per heavy atom. The van der Waals surface area contributed by atoms with Gasteiger partial charge in [-0.1, -0.05) is 31.5 Å². The topological polar surface area (TPSA) is 15.3 Å². The van der Waals surface area contributed by atoms with Crippen LogP contribution in [-0.4, -0.2) is 31.6 Å². The number of benzene rings is 1. The van der Waals surface area contributed by atoms with Gasteiger partial charge in [0, 0.05) is 6.04 Å². The molecular weight excluding hydrogens is 256 g/mol. The highest BCUT2D eigenvalue weighted by atomic mass is 15.1. The third kappa shape index (κ3) is 4.31. The average molecular weight is 288 g/mol. The fraction of sp³-hybridized carbons (Fsp3) is 0.684. The van der Waals surface area contributed by atoms with E-state index in [2.05, 4.69) is 56.2 Å². The zero-order valence-electron chi connectivity index (χ0n) is 14.3. The highest BCUT2D eigenvalue weighted by Crippen LogP contribution is 2.34. The molecule has 2 rings (SSSR count). The standard InChI is InChI=1S/C19H32N2/c1-5-11-20-14-18-8-6-7-12-21(4)19(18)17-10-9-15(2)16(3)13-17/h9-10,13,18-20H,5-8,11-12,14H2,1-4H3. The van der Waals surface area contributed by atoms with Gasteiger partial charge in [-0.15, -0.1) is 0 Å². The number of hydrogen-bond donors (Lipinski definition) is 1. The molecule has 2 atom stereocenters. The van der Waals surface area contributed by atoms with E-state index < -0.39 is 0 Å². The van der Waals surface area contributed by atoms with Crippen LogP contribution in [0.4, 0.5) is 0 Å². The summed E-state index contributed by atoms with van der Waals surface area (Å²) in [5, 5.41) is 3.65. The van der Waals surface area contributed by atoms with E-state index in [9.17, 15) is 0 Å². The first kappa shape index (κ1) is 16.5. The summed E-state index contributed by atoms with van der Waals surface area (Å²) in [6.07, 6.45) is 5.27. The number of rotatable bonds is 5. The Labute approximate surface area is 130 Å². The average Bonchev–Trinajstić information content (AvgIpc) is 2.64. The minimum atomic E-state index is 0.566. The van der Waals surface area contributed by atoms with Gasteiger partial charge >= 0.3 is 0 Å². The predicted molar refractivity (Wildman–Crippen MR) is 91.8 cm³/mol. The van der Waals surface area contributed by atoms with Crippen molar-refractivity contribution in [3.8, 4) is 0 Å². The lowest BCUT2D eigenvalue weighted by molar-refractivity contribution is 0.189. The Balaban J connectivity index is 2.20. The lowest BCUT2D eigenvalue weighted by Gasteiger charge is -2.33. The summed E-state index contributed by atoms with van der Waals surface area (Å²) in [4.78, 5) is 2.58. The molecule has 1 aliphatic heterocycles. The van der Waals surface area contributed by atoms with Crippen LogP contribution in [0.15, 0.2) is 18.2 Å². The molecule has 21 heavy (non-hydrogen) atoms. The molecule has 2 heteroatoms. The van der Waals surface area contributed by atoms with Gasteiger partial charge in [0.15, 0.2) is 0 Å². The molecule has 1 heterocycles. The Kier molecular flexibility index (Phi) is 6.25. The summed E-state index contributed by atoms with van der Waals surface area (Å²) in [5.41, 5.74) is 4.33. The molecule has 1 aromatic carbocycles. The zero-order valence-corrected chi connectivity index (χ0v) is 14.3. The van der Waals surface area contributed by atoms with Crippen LogP contribution in [0.5, 0.6) is 0 Å². The molecule has 0 amide bonds. The van der Waals surface area contributed by atoms with Gasteiger partial charge in [0.05, 0.1) is 0 Å². The van der Waals surface area contributed by atoms with Crippen molar-refractivity contribution >= 4 is 0 Å². The van der Waals surface area contributed by atoms with Gasteiger partial charge in [-0.2, -0.15) is 0 Å². The summed E-state index contributed by atoms with van der Waals surface area (Å²) in [5.74, 6) is 0.728. The molecule has 2 nitrogen and oxygen atoms in total. The summed E-state index contributed by atoms with van der Waals surface area (Å²) < 4.78 is 0. The third-order valence-corrected chi connectivity index (χ3v) is 4.96. The monoisotopic (exact) mass is 288 g/mol. The smallest absolute Gasteiger partial charge is 0.0385 e. The number of hydrogen-bond acceptors (Lipinski definition) is 2. The molecule has 0 spiro atoms. The second kappa shape index (κ2) is 7.95. The van der Waals surface area contributed by atoms with E-state index in [1.165, 1.54) is 48.9 Å². The van der Waals surface area contributed by atoms with Crippen LogP contribution in [0, 0.1) is 19.8 Å². The molecule has 0 radical (unpaired) electrons.